The van der Waals surface area contributed by atoms with Crippen LogP contribution in [0.3, 0.4) is 0 Å². The van der Waals surface area contributed by atoms with Crippen LogP contribution in [0, 0.1) is 0 Å². The normalized spacial score (nSPS) is 10.5. The minimum atomic E-state index is 0.647. The van der Waals surface area contributed by atoms with E-state index >= 15 is 0 Å². The summed E-state index contributed by atoms with van der Waals surface area (Å²) in [5.41, 5.74) is 3.58. The average Bonchev–Trinajstić information content (AvgIpc) is 2.88. The van der Waals surface area contributed by atoms with E-state index in [1.54, 1.807) is 0 Å². The predicted molar refractivity (Wildman–Crippen MR) is 75.0 cm³/mol. The molecule has 4 N–H and O–H groups in total. The maximum Gasteiger partial charge on any atom is 0.153 e. The zero-order chi connectivity index (χ0) is 13.7. The smallest absolute Gasteiger partial charge is 0.153 e. The van der Waals surface area contributed by atoms with Crippen LogP contribution >= 0.6 is 0 Å². The fourth-order valence-electron chi connectivity index (χ4n) is 1.86. The van der Waals surface area contributed by atoms with Crippen LogP contribution in [0.4, 0.5) is 17.5 Å². The van der Waals surface area contributed by atoms with Gasteiger partial charge < -0.3 is 10.7 Å². The van der Waals surface area contributed by atoms with E-state index in [-0.39, 0.29) is 0 Å². The Bertz CT molecular complexity index is 535. The van der Waals surface area contributed by atoms with Gasteiger partial charge in [-0.15, -0.1) is 0 Å². The zero-order valence-corrected chi connectivity index (χ0v) is 11.2. The Morgan fingerprint density at radius 2 is 2.05 bits per heavy atom. The summed E-state index contributed by atoms with van der Waals surface area (Å²) in [6.07, 6.45) is 5.23. The Kier molecular flexibility index (Phi) is 4.30. The molecule has 2 aromatic heterocycles. The SMILES string of the molecule is CCCc1c(NN)ncnc1Nc1ccn(CC)n1. The second-order valence-electron chi connectivity index (χ2n) is 4.13. The summed E-state index contributed by atoms with van der Waals surface area (Å²) in [4.78, 5) is 8.40. The van der Waals surface area contributed by atoms with Gasteiger partial charge in [0.1, 0.15) is 18.0 Å². The first-order chi connectivity index (χ1) is 9.28. The summed E-state index contributed by atoms with van der Waals surface area (Å²) in [6, 6.07) is 1.91. The lowest BCUT2D eigenvalue weighted by molar-refractivity contribution is 0.662. The molecule has 7 heteroatoms. The van der Waals surface area contributed by atoms with Gasteiger partial charge in [-0.1, -0.05) is 13.3 Å². The van der Waals surface area contributed by atoms with E-state index in [2.05, 4.69) is 32.7 Å². The molecular formula is C12H19N7. The number of anilines is 3. The van der Waals surface area contributed by atoms with Crippen molar-refractivity contribution in [3.05, 3.63) is 24.2 Å². The second-order valence-corrected chi connectivity index (χ2v) is 4.13. The molecule has 2 aromatic rings. The van der Waals surface area contributed by atoms with Crippen molar-refractivity contribution in [2.75, 3.05) is 10.7 Å². The lowest BCUT2D eigenvalue weighted by Crippen LogP contribution is -2.13. The van der Waals surface area contributed by atoms with E-state index in [9.17, 15) is 0 Å². The highest BCUT2D eigenvalue weighted by molar-refractivity contribution is 5.62. The summed E-state index contributed by atoms with van der Waals surface area (Å²) in [7, 11) is 0. The highest BCUT2D eigenvalue weighted by Crippen LogP contribution is 2.23. The van der Waals surface area contributed by atoms with Crippen LogP contribution < -0.4 is 16.6 Å². The average molecular weight is 261 g/mol. The molecule has 0 saturated heterocycles. The number of nitrogens with two attached hydrogens (primary N) is 1. The van der Waals surface area contributed by atoms with Crippen LogP contribution in [0.15, 0.2) is 18.6 Å². The molecule has 19 heavy (non-hydrogen) atoms. The number of aromatic nitrogens is 4. The first kappa shape index (κ1) is 13.3. The Labute approximate surface area is 112 Å². The predicted octanol–water partition coefficient (Wildman–Crippen LogP) is 1.67. The van der Waals surface area contributed by atoms with Crippen molar-refractivity contribution < 1.29 is 0 Å². The number of hydrazine groups is 1. The van der Waals surface area contributed by atoms with Crippen molar-refractivity contribution in [3.8, 4) is 0 Å². The fraction of sp³-hybridized carbons (Fsp3) is 0.417. The quantitative estimate of drug-likeness (QED) is 0.541. The van der Waals surface area contributed by atoms with Crippen LogP contribution in [0.25, 0.3) is 0 Å². The number of rotatable bonds is 6. The molecule has 7 nitrogen and oxygen atoms in total. The molecule has 0 amide bonds. The van der Waals surface area contributed by atoms with Gasteiger partial charge in [0, 0.05) is 24.4 Å². The molecule has 0 atom stereocenters. The van der Waals surface area contributed by atoms with Crippen LogP contribution in [-0.2, 0) is 13.0 Å². The highest BCUT2D eigenvalue weighted by atomic mass is 15.3. The summed E-state index contributed by atoms with van der Waals surface area (Å²) in [6.45, 7) is 4.98. The Morgan fingerprint density at radius 3 is 2.68 bits per heavy atom. The van der Waals surface area contributed by atoms with Crippen LogP contribution in [0.1, 0.15) is 25.8 Å². The minimum absolute atomic E-state index is 0.647. The molecule has 0 saturated carbocycles. The van der Waals surface area contributed by atoms with E-state index < -0.39 is 0 Å². The molecule has 2 rings (SSSR count). The van der Waals surface area contributed by atoms with Crippen LogP contribution in [-0.4, -0.2) is 19.7 Å². The lowest BCUT2D eigenvalue weighted by atomic mass is 10.1. The number of aryl methyl sites for hydroxylation is 1. The molecule has 0 aromatic carbocycles. The van der Waals surface area contributed by atoms with Crippen molar-refractivity contribution in [2.45, 2.75) is 33.2 Å². The van der Waals surface area contributed by atoms with Gasteiger partial charge in [-0.2, -0.15) is 5.10 Å². The highest BCUT2D eigenvalue weighted by Gasteiger charge is 2.11. The van der Waals surface area contributed by atoms with Crippen molar-refractivity contribution in [1.29, 1.82) is 0 Å². The minimum Gasteiger partial charge on any atom is -0.323 e. The summed E-state index contributed by atoms with van der Waals surface area (Å²) in [5.74, 6) is 7.64. The molecule has 0 bridgehead atoms. The molecule has 102 valence electrons. The number of hydrogen-bond donors (Lipinski definition) is 3. The molecule has 0 spiro atoms. The van der Waals surface area contributed by atoms with E-state index in [0.29, 0.717) is 5.82 Å². The van der Waals surface area contributed by atoms with Crippen molar-refractivity contribution in [3.63, 3.8) is 0 Å². The third-order valence-electron chi connectivity index (χ3n) is 2.79. The van der Waals surface area contributed by atoms with Gasteiger partial charge in [-0.05, 0) is 13.3 Å². The molecular weight excluding hydrogens is 242 g/mol. The molecule has 0 fully saturated rings. The molecule has 0 aliphatic rings. The first-order valence-electron chi connectivity index (χ1n) is 6.39. The molecule has 0 aliphatic heterocycles. The number of nitrogens with zero attached hydrogens (tertiary/aromatic N) is 4. The van der Waals surface area contributed by atoms with Gasteiger partial charge in [-0.25, -0.2) is 15.8 Å². The van der Waals surface area contributed by atoms with E-state index in [1.165, 1.54) is 6.33 Å². The van der Waals surface area contributed by atoms with Gasteiger partial charge in [0.25, 0.3) is 0 Å². The first-order valence-corrected chi connectivity index (χ1v) is 6.39. The third kappa shape index (κ3) is 3.00. The Balaban J connectivity index is 2.27. The van der Waals surface area contributed by atoms with E-state index in [0.717, 1.165) is 36.6 Å². The molecule has 0 unspecified atom stereocenters. The van der Waals surface area contributed by atoms with Crippen molar-refractivity contribution in [1.82, 2.24) is 19.7 Å². The lowest BCUT2D eigenvalue weighted by Gasteiger charge is -2.12. The van der Waals surface area contributed by atoms with Gasteiger partial charge in [0.15, 0.2) is 5.82 Å². The largest absolute Gasteiger partial charge is 0.323 e. The van der Waals surface area contributed by atoms with Gasteiger partial charge in [0.2, 0.25) is 0 Å². The summed E-state index contributed by atoms with van der Waals surface area (Å²) < 4.78 is 1.85. The molecule has 0 aliphatic carbocycles. The zero-order valence-electron chi connectivity index (χ0n) is 11.2. The van der Waals surface area contributed by atoms with E-state index in [4.69, 9.17) is 5.84 Å². The van der Waals surface area contributed by atoms with Crippen LogP contribution in [0.5, 0.6) is 0 Å². The Hall–Kier alpha value is -2.15. The van der Waals surface area contributed by atoms with Crippen molar-refractivity contribution in [2.24, 2.45) is 5.84 Å². The monoisotopic (exact) mass is 261 g/mol. The van der Waals surface area contributed by atoms with Crippen molar-refractivity contribution >= 4 is 17.5 Å². The summed E-state index contributed by atoms with van der Waals surface area (Å²) in [5, 5.41) is 7.58. The fourth-order valence-corrected chi connectivity index (χ4v) is 1.86. The van der Waals surface area contributed by atoms with Crippen LogP contribution in [0.2, 0.25) is 0 Å². The van der Waals surface area contributed by atoms with Gasteiger partial charge >= 0.3 is 0 Å². The molecule has 0 radical (unpaired) electrons. The maximum atomic E-state index is 5.48. The van der Waals surface area contributed by atoms with E-state index in [1.807, 2.05) is 23.9 Å². The number of nitrogen functional groups attached to an aromatic ring is 1. The second kappa shape index (κ2) is 6.14. The molecule has 2 heterocycles. The van der Waals surface area contributed by atoms with Gasteiger partial charge in [0.05, 0.1) is 0 Å². The standard InChI is InChI=1S/C12H19N7/c1-3-5-9-11(14-8-15-12(9)17-13)16-10-6-7-19(4-2)18-10/h6-8H,3-5,13H2,1-2H3,(H2,14,15,16,17,18). The number of nitrogens with one attached hydrogen (secondary N) is 2. The third-order valence-corrected chi connectivity index (χ3v) is 2.79. The maximum absolute atomic E-state index is 5.48. The summed E-state index contributed by atoms with van der Waals surface area (Å²) >= 11 is 0. The number of hydrogen-bond acceptors (Lipinski definition) is 6. The topological polar surface area (TPSA) is 93.7 Å². The van der Waals surface area contributed by atoms with Gasteiger partial charge in [-0.3, -0.25) is 4.68 Å². The Morgan fingerprint density at radius 1 is 1.26 bits per heavy atom.